The molecule has 0 unspecified atom stereocenters. The summed E-state index contributed by atoms with van der Waals surface area (Å²) in [5.74, 6) is 0.0767. The quantitative estimate of drug-likeness (QED) is 0.783. The number of Topliss-reactive ketones (excluding diaryl/α,β-unsaturated/α-hetero) is 1. The van der Waals surface area contributed by atoms with Crippen LogP contribution in [0.15, 0.2) is 12.3 Å². The molecule has 0 N–H and O–H groups in total. The number of nitrogens with zero attached hydrogens (tertiary/aromatic N) is 3. The second kappa shape index (κ2) is 4.79. The largest absolute Gasteiger partial charge is 0.294 e. The molecule has 0 spiro atoms. The highest BCUT2D eigenvalue weighted by atomic mass is 32.1. The molecular formula is C12H15N3OS. The van der Waals surface area contributed by atoms with Crippen molar-refractivity contribution in [3.63, 3.8) is 0 Å². The molecule has 0 saturated carbocycles. The van der Waals surface area contributed by atoms with Gasteiger partial charge in [-0.2, -0.15) is 5.10 Å². The molecule has 0 aromatic carbocycles. The van der Waals surface area contributed by atoms with Gasteiger partial charge in [0.2, 0.25) is 0 Å². The lowest BCUT2D eigenvalue weighted by Gasteiger charge is -2.02. The van der Waals surface area contributed by atoms with E-state index in [1.165, 1.54) is 11.3 Å². The summed E-state index contributed by atoms with van der Waals surface area (Å²) in [5.41, 5.74) is 1.80. The van der Waals surface area contributed by atoms with Gasteiger partial charge >= 0.3 is 0 Å². The smallest absolute Gasteiger partial charge is 0.171 e. The van der Waals surface area contributed by atoms with Crippen LogP contribution in [0.4, 0.5) is 0 Å². The highest BCUT2D eigenvalue weighted by molar-refractivity contribution is 7.17. The Hall–Kier alpha value is -1.49. The first-order valence-electron chi connectivity index (χ1n) is 5.64. The van der Waals surface area contributed by atoms with Gasteiger partial charge in [0.05, 0.1) is 16.3 Å². The van der Waals surface area contributed by atoms with E-state index in [1.807, 2.05) is 17.7 Å². The van der Waals surface area contributed by atoms with Crippen molar-refractivity contribution in [1.29, 1.82) is 0 Å². The van der Waals surface area contributed by atoms with Crippen LogP contribution in [0.3, 0.4) is 0 Å². The number of rotatable bonds is 4. The van der Waals surface area contributed by atoms with Gasteiger partial charge in [-0.25, -0.2) is 4.98 Å². The third kappa shape index (κ3) is 2.29. The van der Waals surface area contributed by atoms with E-state index in [-0.39, 0.29) is 5.78 Å². The molecule has 0 saturated heterocycles. The van der Waals surface area contributed by atoms with Crippen LogP contribution in [0.25, 0.3) is 10.7 Å². The van der Waals surface area contributed by atoms with Crippen molar-refractivity contribution in [3.05, 3.63) is 22.8 Å². The molecule has 90 valence electrons. The number of hydrogen-bond acceptors (Lipinski definition) is 4. The first-order chi connectivity index (χ1) is 8.13. The van der Waals surface area contributed by atoms with Gasteiger partial charge in [-0.15, -0.1) is 11.3 Å². The minimum atomic E-state index is 0.0767. The number of ketones is 1. The van der Waals surface area contributed by atoms with Crippen LogP contribution in [-0.4, -0.2) is 20.5 Å². The molecule has 5 heteroatoms. The van der Waals surface area contributed by atoms with E-state index < -0.39 is 0 Å². The fourth-order valence-corrected chi connectivity index (χ4v) is 2.73. The summed E-state index contributed by atoms with van der Waals surface area (Å²) >= 11 is 1.44. The Labute approximate surface area is 104 Å². The Morgan fingerprint density at radius 2 is 2.29 bits per heavy atom. The second-order valence-electron chi connectivity index (χ2n) is 3.93. The first kappa shape index (κ1) is 12.0. The molecular weight excluding hydrogens is 234 g/mol. The number of aryl methyl sites for hydroxylation is 2. The maximum absolute atomic E-state index is 11.4. The van der Waals surface area contributed by atoms with Crippen molar-refractivity contribution in [2.75, 3.05) is 0 Å². The Kier molecular flexibility index (Phi) is 3.38. The predicted octanol–water partition coefficient (Wildman–Crippen LogP) is 2.93. The average molecular weight is 249 g/mol. The Morgan fingerprint density at radius 1 is 1.53 bits per heavy atom. The van der Waals surface area contributed by atoms with Gasteiger partial charge in [-0.05, 0) is 19.4 Å². The lowest BCUT2D eigenvalue weighted by atomic mass is 10.3. The molecule has 0 radical (unpaired) electrons. The van der Waals surface area contributed by atoms with Gasteiger partial charge in [-0.1, -0.05) is 6.92 Å². The fraction of sp³-hybridized carbons (Fsp3) is 0.417. The van der Waals surface area contributed by atoms with Gasteiger partial charge in [-0.3, -0.25) is 9.48 Å². The molecule has 2 aromatic heterocycles. The Balaban J connectivity index is 2.42. The van der Waals surface area contributed by atoms with Gasteiger partial charge in [0, 0.05) is 19.7 Å². The molecule has 0 amide bonds. The normalized spacial score (nSPS) is 10.8. The van der Waals surface area contributed by atoms with Crippen molar-refractivity contribution < 1.29 is 4.79 Å². The third-order valence-corrected chi connectivity index (χ3v) is 3.77. The van der Waals surface area contributed by atoms with Crippen LogP contribution in [0.5, 0.6) is 0 Å². The third-order valence-electron chi connectivity index (χ3n) is 2.49. The minimum Gasteiger partial charge on any atom is -0.294 e. The van der Waals surface area contributed by atoms with E-state index in [2.05, 4.69) is 17.0 Å². The average Bonchev–Trinajstić information content (AvgIpc) is 2.84. The summed E-state index contributed by atoms with van der Waals surface area (Å²) in [5, 5.41) is 5.14. The van der Waals surface area contributed by atoms with E-state index in [1.54, 1.807) is 13.1 Å². The summed E-state index contributed by atoms with van der Waals surface area (Å²) < 4.78 is 1.93. The van der Waals surface area contributed by atoms with Crippen molar-refractivity contribution in [1.82, 2.24) is 14.8 Å². The van der Waals surface area contributed by atoms with Crippen molar-refractivity contribution in [2.24, 2.45) is 0 Å². The second-order valence-corrected chi connectivity index (χ2v) is 4.93. The summed E-state index contributed by atoms with van der Waals surface area (Å²) in [4.78, 5) is 16.6. The number of carbonyl (C=O) groups is 1. The van der Waals surface area contributed by atoms with Gasteiger partial charge < -0.3 is 0 Å². The molecule has 0 atom stereocenters. The standard InChI is InChI=1S/C12H15N3OS/c1-4-7-15-10(5-6-13-15)12-14-8(2)11(17-12)9(3)16/h5-6H,4,7H2,1-3H3. The van der Waals surface area contributed by atoms with E-state index >= 15 is 0 Å². The number of thiazole rings is 1. The van der Waals surface area contributed by atoms with Crippen LogP contribution < -0.4 is 0 Å². The van der Waals surface area contributed by atoms with Crippen molar-refractivity contribution in [3.8, 4) is 10.7 Å². The van der Waals surface area contributed by atoms with E-state index in [0.717, 1.165) is 34.2 Å². The lowest BCUT2D eigenvalue weighted by molar-refractivity contribution is 0.102. The molecule has 0 aliphatic heterocycles. The van der Waals surface area contributed by atoms with Crippen LogP contribution in [-0.2, 0) is 6.54 Å². The van der Waals surface area contributed by atoms with Crippen molar-refractivity contribution in [2.45, 2.75) is 33.7 Å². The van der Waals surface area contributed by atoms with Gasteiger partial charge in [0.1, 0.15) is 5.01 Å². The van der Waals surface area contributed by atoms with E-state index in [4.69, 9.17) is 0 Å². The van der Waals surface area contributed by atoms with Crippen LogP contribution in [0.1, 0.15) is 35.6 Å². The number of hydrogen-bond donors (Lipinski definition) is 0. The zero-order valence-corrected chi connectivity index (χ0v) is 11.0. The molecule has 0 aliphatic rings. The van der Waals surface area contributed by atoms with Crippen molar-refractivity contribution >= 4 is 17.1 Å². The van der Waals surface area contributed by atoms with Crippen LogP contribution >= 0.6 is 11.3 Å². The summed E-state index contributed by atoms with van der Waals surface area (Å²) in [6, 6.07) is 1.94. The highest BCUT2D eigenvalue weighted by Crippen LogP contribution is 2.28. The van der Waals surface area contributed by atoms with E-state index in [0.29, 0.717) is 0 Å². The molecule has 4 nitrogen and oxygen atoms in total. The Bertz CT molecular complexity index is 542. The number of carbonyl (C=O) groups excluding carboxylic acids is 1. The summed E-state index contributed by atoms with van der Waals surface area (Å²) in [6.45, 7) is 6.43. The molecule has 0 aliphatic carbocycles. The topological polar surface area (TPSA) is 47.8 Å². The van der Waals surface area contributed by atoms with Crippen LogP contribution in [0.2, 0.25) is 0 Å². The lowest BCUT2D eigenvalue weighted by Crippen LogP contribution is -2.00. The zero-order valence-electron chi connectivity index (χ0n) is 10.2. The number of aromatic nitrogens is 3. The molecule has 2 rings (SSSR count). The Morgan fingerprint density at radius 3 is 2.88 bits per heavy atom. The van der Waals surface area contributed by atoms with E-state index in [9.17, 15) is 4.79 Å². The fourth-order valence-electron chi connectivity index (χ4n) is 1.74. The highest BCUT2D eigenvalue weighted by Gasteiger charge is 2.15. The maximum Gasteiger partial charge on any atom is 0.171 e. The maximum atomic E-state index is 11.4. The van der Waals surface area contributed by atoms with Gasteiger partial charge in [0.25, 0.3) is 0 Å². The molecule has 17 heavy (non-hydrogen) atoms. The first-order valence-corrected chi connectivity index (χ1v) is 6.45. The molecule has 2 heterocycles. The SMILES string of the molecule is CCCn1nccc1-c1nc(C)c(C(C)=O)s1. The predicted molar refractivity (Wildman–Crippen MR) is 68.4 cm³/mol. The zero-order chi connectivity index (χ0) is 12.4. The summed E-state index contributed by atoms with van der Waals surface area (Å²) in [6.07, 6.45) is 2.80. The molecule has 0 bridgehead atoms. The van der Waals surface area contributed by atoms with Gasteiger partial charge in [0.15, 0.2) is 5.78 Å². The van der Waals surface area contributed by atoms with Crippen LogP contribution in [0, 0.1) is 6.92 Å². The monoisotopic (exact) mass is 249 g/mol. The molecule has 2 aromatic rings. The summed E-state index contributed by atoms with van der Waals surface area (Å²) in [7, 11) is 0. The molecule has 0 fully saturated rings. The minimum absolute atomic E-state index is 0.0767.